The molecule has 20 heavy (non-hydrogen) atoms. The number of benzene rings is 1. The molecule has 0 spiro atoms. The van der Waals surface area contributed by atoms with Gasteiger partial charge in [0, 0.05) is 17.6 Å². The van der Waals surface area contributed by atoms with Crippen molar-refractivity contribution in [3.05, 3.63) is 52.7 Å². The highest BCUT2D eigenvalue weighted by Gasteiger charge is 2.16. The average Bonchev–Trinajstić information content (AvgIpc) is 2.43. The van der Waals surface area contributed by atoms with E-state index in [0.29, 0.717) is 11.1 Å². The zero-order valence-electron chi connectivity index (χ0n) is 10.3. The Morgan fingerprint density at radius 1 is 1.45 bits per heavy atom. The number of aliphatic carboxylic acids is 1. The molecule has 1 aromatic heterocycles. The number of carboxylic acids is 1. The molecule has 0 fully saturated rings. The molecule has 0 amide bonds. The first-order valence-corrected chi connectivity index (χ1v) is 5.56. The second-order valence-corrected chi connectivity index (χ2v) is 3.94. The van der Waals surface area contributed by atoms with E-state index >= 15 is 0 Å². The van der Waals surface area contributed by atoms with Gasteiger partial charge >= 0.3 is 5.97 Å². The molecule has 1 aromatic carbocycles. The van der Waals surface area contributed by atoms with Crippen LogP contribution in [-0.4, -0.2) is 27.6 Å². The summed E-state index contributed by atoms with van der Waals surface area (Å²) in [5.74, 6) is -0.838. The topological polar surface area (TPSA) is 103 Å². The SMILES string of the molecule is C=C(COc1ccc([N+](=O)[O-])c2ncccc12)C(=O)O. The summed E-state index contributed by atoms with van der Waals surface area (Å²) >= 11 is 0. The van der Waals surface area contributed by atoms with E-state index in [1.807, 2.05) is 0 Å². The summed E-state index contributed by atoms with van der Waals surface area (Å²) in [7, 11) is 0. The third kappa shape index (κ3) is 2.56. The van der Waals surface area contributed by atoms with Crippen molar-refractivity contribution < 1.29 is 19.6 Å². The van der Waals surface area contributed by atoms with Gasteiger partial charge in [-0.3, -0.25) is 10.1 Å². The Kier molecular flexibility index (Phi) is 3.60. The van der Waals surface area contributed by atoms with Crippen molar-refractivity contribution in [3.63, 3.8) is 0 Å². The fraction of sp³-hybridized carbons (Fsp3) is 0.0769. The van der Waals surface area contributed by atoms with Crippen LogP contribution < -0.4 is 4.74 Å². The maximum atomic E-state index is 10.9. The van der Waals surface area contributed by atoms with Crippen molar-refractivity contribution in [1.82, 2.24) is 4.98 Å². The summed E-state index contributed by atoms with van der Waals surface area (Å²) in [5, 5.41) is 20.1. The van der Waals surface area contributed by atoms with Gasteiger partial charge in [0.1, 0.15) is 12.4 Å². The van der Waals surface area contributed by atoms with Crippen molar-refractivity contribution in [3.8, 4) is 5.75 Å². The van der Waals surface area contributed by atoms with E-state index in [1.54, 1.807) is 12.1 Å². The molecular weight excluding hydrogens is 264 g/mol. The fourth-order valence-corrected chi connectivity index (χ4v) is 1.63. The minimum Gasteiger partial charge on any atom is -0.488 e. The Hall–Kier alpha value is -2.96. The zero-order chi connectivity index (χ0) is 14.7. The number of nitro benzene ring substituents is 1. The van der Waals surface area contributed by atoms with Gasteiger partial charge in [-0.05, 0) is 18.2 Å². The van der Waals surface area contributed by atoms with E-state index in [9.17, 15) is 14.9 Å². The molecule has 0 aliphatic carbocycles. The second kappa shape index (κ2) is 5.35. The predicted octanol–water partition coefficient (Wildman–Crippen LogP) is 2.16. The molecule has 0 saturated carbocycles. The van der Waals surface area contributed by atoms with Crippen LogP contribution in [0.5, 0.6) is 5.75 Å². The lowest BCUT2D eigenvalue weighted by Gasteiger charge is -2.08. The van der Waals surface area contributed by atoms with Gasteiger partial charge < -0.3 is 9.84 Å². The van der Waals surface area contributed by atoms with Crippen molar-refractivity contribution in [2.24, 2.45) is 0 Å². The summed E-state index contributed by atoms with van der Waals surface area (Å²) in [6.07, 6.45) is 1.44. The van der Waals surface area contributed by atoms with Gasteiger partial charge in [0.2, 0.25) is 0 Å². The van der Waals surface area contributed by atoms with E-state index < -0.39 is 10.9 Å². The monoisotopic (exact) mass is 274 g/mol. The molecule has 0 aliphatic heterocycles. The van der Waals surface area contributed by atoms with E-state index in [4.69, 9.17) is 9.84 Å². The van der Waals surface area contributed by atoms with Crippen LogP contribution in [0.15, 0.2) is 42.6 Å². The summed E-state index contributed by atoms with van der Waals surface area (Å²) in [4.78, 5) is 25.0. The number of ether oxygens (including phenoxy) is 1. The molecule has 7 heteroatoms. The van der Waals surface area contributed by atoms with E-state index in [0.717, 1.165) is 0 Å². The van der Waals surface area contributed by atoms with Gasteiger partial charge in [0.05, 0.1) is 10.5 Å². The van der Waals surface area contributed by atoms with E-state index in [-0.39, 0.29) is 23.4 Å². The molecule has 1 N–H and O–H groups in total. The van der Waals surface area contributed by atoms with Gasteiger partial charge in [0.25, 0.3) is 5.69 Å². The molecule has 2 aromatic rings. The summed E-state index contributed by atoms with van der Waals surface area (Å²) in [6, 6.07) is 5.92. The van der Waals surface area contributed by atoms with E-state index in [2.05, 4.69) is 11.6 Å². The van der Waals surface area contributed by atoms with Gasteiger partial charge in [-0.15, -0.1) is 0 Å². The third-order valence-electron chi connectivity index (χ3n) is 2.61. The third-order valence-corrected chi connectivity index (χ3v) is 2.61. The highest BCUT2D eigenvalue weighted by Crippen LogP contribution is 2.31. The molecule has 0 unspecified atom stereocenters. The number of nitrogens with zero attached hydrogens (tertiary/aromatic N) is 2. The lowest BCUT2D eigenvalue weighted by molar-refractivity contribution is -0.383. The predicted molar refractivity (Wildman–Crippen MR) is 70.7 cm³/mol. The molecule has 2 rings (SSSR count). The Labute approximate surface area is 113 Å². The molecule has 0 aliphatic rings. The molecule has 0 radical (unpaired) electrons. The van der Waals surface area contributed by atoms with Crippen molar-refractivity contribution in [2.45, 2.75) is 0 Å². The van der Waals surface area contributed by atoms with Crippen molar-refractivity contribution in [1.29, 1.82) is 0 Å². The smallest absolute Gasteiger partial charge is 0.334 e. The number of hydrogen-bond donors (Lipinski definition) is 1. The number of aromatic nitrogens is 1. The highest BCUT2D eigenvalue weighted by atomic mass is 16.6. The van der Waals surface area contributed by atoms with Crippen LogP contribution >= 0.6 is 0 Å². The lowest BCUT2D eigenvalue weighted by Crippen LogP contribution is -2.09. The van der Waals surface area contributed by atoms with Gasteiger partial charge in [-0.1, -0.05) is 6.58 Å². The average molecular weight is 274 g/mol. The van der Waals surface area contributed by atoms with E-state index in [1.165, 1.54) is 18.3 Å². The molecule has 0 atom stereocenters. The summed E-state index contributed by atoms with van der Waals surface area (Å²) in [6.45, 7) is 3.14. The molecule has 1 heterocycles. The van der Waals surface area contributed by atoms with Crippen molar-refractivity contribution >= 4 is 22.6 Å². The van der Waals surface area contributed by atoms with Crippen LogP contribution in [0.2, 0.25) is 0 Å². The van der Waals surface area contributed by atoms with Crippen molar-refractivity contribution in [2.75, 3.05) is 6.61 Å². The number of rotatable bonds is 5. The largest absolute Gasteiger partial charge is 0.488 e. The number of fused-ring (bicyclic) bond motifs is 1. The first-order chi connectivity index (χ1) is 9.50. The Balaban J connectivity index is 2.41. The summed E-state index contributed by atoms with van der Waals surface area (Å²) < 4.78 is 5.33. The second-order valence-electron chi connectivity index (χ2n) is 3.94. The molecule has 7 nitrogen and oxygen atoms in total. The first-order valence-electron chi connectivity index (χ1n) is 5.56. The van der Waals surface area contributed by atoms with Crippen LogP contribution in [0, 0.1) is 10.1 Å². The minimum atomic E-state index is -1.16. The Bertz CT molecular complexity index is 711. The van der Waals surface area contributed by atoms with Crippen LogP contribution in [0.3, 0.4) is 0 Å². The quantitative estimate of drug-likeness (QED) is 0.509. The summed E-state index contributed by atoms with van der Waals surface area (Å²) in [5.41, 5.74) is -0.0543. The van der Waals surface area contributed by atoms with Gasteiger partial charge in [-0.2, -0.15) is 0 Å². The first kappa shape index (κ1) is 13.5. The van der Waals surface area contributed by atoms with Crippen LogP contribution in [-0.2, 0) is 4.79 Å². The number of carbonyl (C=O) groups is 1. The number of carboxylic acid groups (broad SMARTS) is 1. The molecule has 0 bridgehead atoms. The molecular formula is C13H10N2O5. The number of pyridine rings is 1. The maximum Gasteiger partial charge on any atom is 0.334 e. The molecule has 102 valence electrons. The maximum absolute atomic E-state index is 10.9. The standard InChI is InChI=1S/C13H10N2O5/c1-8(13(16)17)7-20-11-5-4-10(15(18)19)12-9(11)3-2-6-14-12/h2-6H,1,7H2,(H,16,17). The van der Waals surface area contributed by atoms with Gasteiger partial charge in [0.15, 0.2) is 5.52 Å². The zero-order valence-corrected chi connectivity index (χ0v) is 10.3. The number of nitro groups is 1. The highest BCUT2D eigenvalue weighted by molar-refractivity contribution is 5.92. The Morgan fingerprint density at radius 2 is 2.20 bits per heavy atom. The fourth-order valence-electron chi connectivity index (χ4n) is 1.63. The molecule has 0 saturated heterocycles. The normalized spacial score (nSPS) is 10.2. The van der Waals surface area contributed by atoms with Crippen LogP contribution in [0.25, 0.3) is 10.9 Å². The number of non-ortho nitro benzene ring substituents is 1. The Morgan fingerprint density at radius 3 is 2.85 bits per heavy atom. The van der Waals surface area contributed by atoms with Gasteiger partial charge in [-0.25, -0.2) is 9.78 Å². The lowest BCUT2D eigenvalue weighted by atomic mass is 10.1. The number of hydrogen-bond acceptors (Lipinski definition) is 5. The van der Waals surface area contributed by atoms with Crippen LogP contribution in [0.1, 0.15) is 0 Å². The minimum absolute atomic E-state index is 0.111. The van der Waals surface area contributed by atoms with Crippen LogP contribution in [0.4, 0.5) is 5.69 Å².